The molecule has 2 aromatic rings. The van der Waals surface area contributed by atoms with Gasteiger partial charge in [-0.05, 0) is 19.8 Å². The summed E-state index contributed by atoms with van der Waals surface area (Å²) >= 11 is 1.61. The Morgan fingerprint density at radius 1 is 1.53 bits per heavy atom. The number of aromatic nitrogens is 4. The Kier molecular flexibility index (Phi) is 3.29. The smallest absolute Gasteiger partial charge is 0.290 e. The molecule has 0 aromatic carbocycles. The number of carbonyl (C=O) groups is 1. The molecule has 0 saturated heterocycles. The van der Waals surface area contributed by atoms with Gasteiger partial charge < -0.3 is 5.32 Å². The normalized spacial score (nSPS) is 14.6. The minimum atomic E-state index is -0.226. The van der Waals surface area contributed by atoms with E-state index in [2.05, 4.69) is 25.5 Å². The molecule has 100 valence electrons. The summed E-state index contributed by atoms with van der Waals surface area (Å²) in [5.74, 6) is 1.32. The van der Waals surface area contributed by atoms with Gasteiger partial charge >= 0.3 is 0 Å². The molecule has 0 aliphatic heterocycles. The van der Waals surface area contributed by atoms with Crippen LogP contribution in [0.25, 0.3) is 0 Å². The fourth-order valence-electron chi connectivity index (χ4n) is 1.79. The van der Waals surface area contributed by atoms with Crippen molar-refractivity contribution in [1.29, 1.82) is 0 Å². The van der Waals surface area contributed by atoms with Crippen LogP contribution in [0.3, 0.4) is 0 Å². The van der Waals surface area contributed by atoms with Crippen LogP contribution in [0.4, 0.5) is 0 Å². The van der Waals surface area contributed by atoms with E-state index in [0.29, 0.717) is 12.5 Å². The van der Waals surface area contributed by atoms with Gasteiger partial charge in [0.25, 0.3) is 5.91 Å². The lowest BCUT2D eigenvalue weighted by Gasteiger charge is -1.99. The molecular formula is C12H15N5OS. The van der Waals surface area contributed by atoms with Gasteiger partial charge in [-0.15, -0.1) is 16.4 Å². The van der Waals surface area contributed by atoms with Crippen LogP contribution in [-0.2, 0) is 6.42 Å². The van der Waals surface area contributed by atoms with Crippen LogP contribution in [0.2, 0.25) is 0 Å². The summed E-state index contributed by atoms with van der Waals surface area (Å²) in [4.78, 5) is 20.4. The number of carbonyl (C=O) groups excluding carboxylic acids is 1. The van der Waals surface area contributed by atoms with Gasteiger partial charge in [-0.1, -0.05) is 0 Å². The van der Waals surface area contributed by atoms with Crippen LogP contribution < -0.4 is 5.32 Å². The van der Waals surface area contributed by atoms with Gasteiger partial charge in [-0.2, -0.15) is 0 Å². The molecule has 0 radical (unpaired) electrons. The average Bonchev–Trinajstić information content (AvgIpc) is 2.97. The van der Waals surface area contributed by atoms with Gasteiger partial charge in [-0.25, -0.2) is 9.97 Å². The second-order valence-electron chi connectivity index (χ2n) is 4.71. The highest BCUT2D eigenvalue weighted by Crippen LogP contribution is 2.37. The zero-order valence-electron chi connectivity index (χ0n) is 10.6. The van der Waals surface area contributed by atoms with E-state index < -0.39 is 0 Å². The van der Waals surface area contributed by atoms with E-state index in [1.165, 1.54) is 0 Å². The number of nitrogens with zero attached hydrogens (tertiary/aromatic N) is 3. The molecule has 19 heavy (non-hydrogen) atoms. The Labute approximate surface area is 114 Å². The molecule has 0 unspecified atom stereocenters. The van der Waals surface area contributed by atoms with E-state index in [1.54, 1.807) is 11.3 Å². The number of amides is 1. The predicted molar refractivity (Wildman–Crippen MR) is 71.2 cm³/mol. The van der Waals surface area contributed by atoms with E-state index in [1.807, 2.05) is 12.3 Å². The quantitative estimate of drug-likeness (QED) is 0.865. The third kappa shape index (κ3) is 2.98. The van der Waals surface area contributed by atoms with Crippen molar-refractivity contribution in [3.63, 3.8) is 0 Å². The van der Waals surface area contributed by atoms with Gasteiger partial charge in [0.05, 0.1) is 5.01 Å². The number of nitrogens with one attached hydrogen (secondary N) is 2. The molecule has 7 heteroatoms. The number of aryl methyl sites for hydroxylation is 1. The van der Waals surface area contributed by atoms with Crippen molar-refractivity contribution < 1.29 is 4.79 Å². The third-order valence-electron chi connectivity index (χ3n) is 2.96. The summed E-state index contributed by atoms with van der Waals surface area (Å²) in [7, 11) is 0. The van der Waals surface area contributed by atoms with E-state index in [0.717, 1.165) is 35.8 Å². The minimum absolute atomic E-state index is 0.226. The molecule has 6 nitrogen and oxygen atoms in total. The monoisotopic (exact) mass is 277 g/mol. The van der Waals surface area contributed by atoms with Gasteiger partial charge in [-0.3, -0.25) is 9.89 Å². The third-order valence-corrected chi connectivity index (χ3v) is 3.99. The van der Waals surface area contributed by atoms with Crippen LogP contribution in [-0.4, -0.2) is 32.6 Å². The molecule has 2 aromatic heterocycles. The average molecular weight is 277 g/mol. The summed E-state index contributed by atoms with van der Waals surface area (Å²) in [5.41, 5.74) is 1.02. The molecule has 0 bridgehead atoms. The lowest BCUT2D eigenvalue weighted by Crippen LogP contribution is -2.26. The molecule has 1 fully saturated rings. The van der Waals surface area contributed by atoms with E-state index in [9.17, 15) is 4.79 Å². The van der Waals surface area contributed by atoms with Crippen molar-refractivity contribution in [3.05, 3.63) is 27.7 Å². The SMILES string of the molecule is Cc1csc(CCNC(=O)c2n[nH]c(C3CC3)n2)n1. The molecule has 1 saturated carbocycles. The molecule has 1 amide bonds. The second-order valence-corrected chi connectivity index (χ2v) is 5.65. The summed E-state index contributed by atoms with van der Waals surface area (Å²) in [5, 5.41) is 12.6. The first-order valence-electron chi connectivity index (χ1n) is 6.34. The van der Waals surface area contributed by atoms with Crippen molar-refractivity contribution in [2.24, 2.45) is 0 Å². The second kappa shape index (κ2) is 5.08. The Hall–Kier alpha value is -1.76. The molecule has 0 atom stereocenters. The first-order valence-corrected chi connectivity index (χ1v) is 7.22. The van der Waals surface area contributed by atoms with Gasteiger partial charge in [0, 0.05) is 30.0 Å². The number of rotatable bonds is 5. The summed E-state index contributed by atoms with van der Waals surface area (Å²) in [6, 6.07) is 0. The summed E-state index contributed by atoms with van der Waals surface area (Å²) in [6.07, 6.45) is 3.02. The van der Waals surface area contributed by atoms with Crippen LogP contribution in [0, 0.1) is 6.92 Å². The highest BCUT2D eigenvalue weighted by molar-refractivity contribution is 7.09. The highest BCUT2D eigenvalue weighted by atomic mass is 32.1. The molecule has 0 spiro atoms. The zero-order chi connectivity index (χ0) is 13.2. The van der Waals surface area contributed by atoms with Crippen molar-refractivity contribution in [2.45, 2.75) is 32.1 Å². The fourth-order valence-corrected chi connectivity index (χ4v) is 2.57. The van der Waals surface area contributed by atoms with Crippen molar-refractivity contribution in [3.8, 4) is 0 Å². The molecule has 3 rings (SSSR count). The van der Waals surface area contributed by atoms with Crippen LogP contribution in [0.5, 0.6) is 0 Å². The minimum Gasteiger partial charge on any atom is -0.349 e. The Balaban J connectivity index is 1.50. The topological polar surface area (TPSA) is 83.6 Å². The number of hydrogen-bond acceptors (Lipinski definition) is 5. The first-order chi connectivity index (χ1) is 9.22. The Morgan fingerprint density at radius 2 is 2.37 bits per heavy atom. The van der Waals surface area contributed by atoms with Crippen molar-refractivity contribution >= 4 is 17.2 Å². The van der Waals surface area contributed by atoms with Crippen LogP contribution >= 0.6 is 11.3 Å². The van der Waals surface area contributed by atoms with E-state index in [-0.39, 0.29) is 11.7 Å². The maximum absolute atomic E-state index is 11.8. The first kappa shape index (κ1) is 12.3. The highest BCUT2D eigenvalue weighted by Gasteiger charge is 2.28. The van der Waals surface area contributed by atoms with Crippen molar-refractivity contribution in [1.82, 2.24) is 25.5 Å². The molecular weight excluding hydrogens is 262 g/mol. The number of hydrogen-bond donors (Lipinski definition) is 2. The van der Waals surface area contributed by atoms with Gasteiger partial charge in [0.1, 0.15) is 5.82 Å². The standard InChI is InChI=1S/C12H15N5OS/c1-7-6-19-9(14-7)4-5-13-12(18)11-15-10(16-17-11)8-2-3-8/h6,8H,2-5H2,1H3,(H,13,18)(H,15,16,17). The number of thiazole rings is 1. The van der Waals surface area contributed by atoms with Crippen molar-refractivity contribution in [2.75, 3.05) is 6.54 Å². The maximum Gasteiger partial charge on any atom is 0.290 e. The predicted octanol–water partition coefficient (Wildman–Crippen LogP) is 1.42. The lowest BCUT2D eigenvalue weighted by atomic mass is 10.4. The lowest BCUT2D eigenvalue weighted by molar-refractivity contribution is 0.0944. The molecule has 1 aliphatic carbocycles. The van der Waals surface area contributed by atoms with Gasteiger partial charge in [0.2, 0.25) is 5.82 Å². The van der Waals surface area contributed by atoms with E-state index >= 15 is 0 Å². The fraction of sp³-hybridized carbons (Fsp3) is 0.500. The molecule has 2 N–H and O–H groups in total. The van der Waals surface area contributed by atoms with E-state index in [4.69, 9.17) is 0 Å². The Morgan fingerprint density at radius 3 is 3.05 bits per heavy atom. The Bertz CT molecular complexity index is 586. The number of H-pyrrole nitrogens is 1. The summed E-state index contributed by atoms with van der Waals surface area (Å²) in [6.45, 7) is 2.52. The largest absolute Gasteiger partial charge is 0.349 e. The zero-order valence-corrected chi connectivity index (χ0v) is 11.5. The van der Waals surface area contributed by atoms with Crippen LogP contribution in [0.1, 0.15) is 45.9 Å². The van der Waals surface area contributed by atoms with Crippen LogP contribution in [0.15, 0.2) is 5.38 Å². The number of aromatic amines is 1. The molecule has 1 aliphatic rings. The maximum atomic E-state index is 11.8. The van der Waals surface area contributed by atoms with Gasteiger partial charge in [0.15, 0.2) is 0 Å². The molecule has 2 heterocycles. The summed E-state index contributed by atoms with van der Waals surface area (Å²) < 4.78 is 0.